The second kappa shape index (κ2) is 5.71. The molecule has 1 amide bonds. The van der Waals surface area contributed by atoms with E-state index in [4.69, 9.17) is 5.73 Å². The van der Waals surface area contributed by atoms with Crippen LogP contribution in [0.3, 0.4) is 0 Å². The lowest BCUT2D eigenvalue weighted by atomic mass is 10.2. The van der Waals surface area contributed by atoms with Gasteiger partial charge in [-0.1, -0.05) is 0 Å². The van der Waals surface area contributed by atoms with E-state index in [1.165, 1.54) is 22.9 Å². The maximum Gasteiger partial charge on any atom is 0.251 e. The molecule has 1 unspecified atom stereocenters. The second-order valence-corrected chi connectivity index (χ2v) is 5.05. The van der Waals surface area contributed by atoms with E-state index in [-0.39, 0.29) is 24.1 Å². The van der Waals surface area contributed by atoms with Crippen molar-refractivity contribution in [1.29, 1.82) is 0 Å². The number of carbonyl (C=O) groups excluding carboxylic acids is 1. The molecule has 2 rings (SSSR count). The number of hydrogen-bond acceptors (Lipinski definition) is 4. The Hall–Kier alpha value is -2.08. The molecule has 6 heteroatoms. The Morgan fingerprint density at radius 2 is 2.26 bits per heavy atom. The number of nitrogens with two attached hydrogens (primary N) is 1. The minimum Gasteiger partial charge on any atom is -0.398 e. The van der Waals surface area contributed by atoms with Crippen LogP contribution in [0.5, 0.6) is 0 Å². The maximum atomic E-state index is 11.9. The van der Waals surface area contributed by atoms with Gasteiger partial charge in [-0.25, -0.2) is 0 Å². The number of nitrogens with one attached hydrogen (secondary N) is 1. The van der Waals surface area contributed by atoms with Crippen molar-refractivity contribution in [1.82, 2.24) is 9.88 Å². The molecule has 2 aromatic heterocycles. The first-order valence-electron chi connectivity index (χ1n) is 5.83. The van der Waals surface area contributed by atoms with Crippen molar-refractivity contribution in [2.45, 2.75) is 19.5 Å². The van der Waals surface area contributed by atoms with Crippen LogP contribution in [0, 0.1) is 0 Å². The molecule has 0 fully saturated rings. The summed E-state index contributed by atoms with van der Waals surface area (Å²) < 4.78 is 1.30. The monoisotopic (exact) mass is 277 g/mol. The van der Waals surface area contributed by atoms with Crippen LogP contribution in [0.1, 0.15) is 18.5 Å². The molecule has 0 saturated carbocycles. The smallest absolute Gasteiger partial charge is 0.251 e. The highest BCUT2D eigenvalue weighted by atomic mass is 32.1. The third kappa shape index (κ3) is 3.45. The van der Waals surface area contributed by atoms with Gasteiger partial charge in [0, 0.05) is 18.0 Å². The van der Waals surface area contributed by atoms with Crippen molar-refractivity contribution in [2.75, 3.05) is 5.73 Å². The molecule has 0 saturated heterocycles. The topological polar surface area (TPSA) is 77.1 Å². The Labute approximate surface area is 114 Å². The van der Waals surface area contributed by atoms with Gasteiger partial charge in [-0.15, -0.1) is 0 Å². The highest BCUT2D eigenvalue weighted by Gasteiger charge is 2.10. The van der Waals surface area contributed by atoms with E-state index in [0.717, 1.165) is 5.56 Å². The molecule has 3 N–H and O–H groups in total. The molecule has 0 aromatic carbocycles. The SMILES string of the molecule is CC(NC(=O)Cn1cc(N)ccc1=O)c1ccsc1. The second-order valence-electron chi connectivity index (χ2n) is 4.27. The molecule has 0 spiro atoms. The van der Waals surface area contributed by atoms with Gasteiger partial charge in [-0.2, -0.15) is 11.3 Å². The largest absolute Gasteiger partial charge is 0.398 e. The van der Waals surface area contributed by atoms with Gasteiger partial charge in [0.15, 0.2) is 0 Å². The summed E-state index contributed by atoms with van der Waals surface area (Å²) in [5.41, 5.74) is 6.86. The highest BCUT2D eigenvalue weighted by molar-refractivity contribution is 7.07. The van der Waals surface area contributed by atoms with Gasteiger partial charge in [-0.3, -0.25) is 9.59 Å². The Bertz CT molecular complexity index is 619. The van der Waals surface area contributed by atoms with Crippen molar-refractivity contribution in [2.24, 2.45) is 0 Å². The van der Waals surface area contributed by atoms with E-state index in [2.05, 4.69) is 5.32 Å². The zero-order valence-electron chi connectivity index (χ0n) is 10.5. The number of amides is 1. The summed E-state index contributed by atoms with van der Waals surface area (Å²) in [7, 11) is 0. The van der Waals surface area contributed by atoms with Crippen LogP contribution in [0.4, 0.5) is 5.69 Å². The van der Waals surface area contributed by atoms with E-state index >= 15 is 0 Å². The summed E-state index contributed by atoms with van der Waals surface area (Å²) in [4.78, 5) is 23.4. The molecule has 2 heterocycles. The maximum absolute atomic E-state index is 11.9. The number of nitrogens with zero attached hydrogens (tertiary/aromatic N) is 1. The van der Waals surface area contributed by atoms with Crippen LogP contribution in [-0.4, -0.2) is 10.5 Å². The minimum absolute atomic E-state index is 0.0294. The molecule has 2 aromatic rings. The van der Waals surface area contributed by atoms with Gasteiger partial charge in [0.05, 0.1) is 6.04 Å². The van der Waals surface area contributed by atoms with E-state index < -0.39 is 0 Å². The molecule has 5 nitrogen and oxygen atoms in total. The van der Waals surface area contributed by atoms with Crippen LogP contribution in [-0.2, 0) is 11.3 Å². The zero-order chi connectivity index (χ0) is 13.8. The number of nitrogen functional groups attached to an aromatic ring is 1. The summed E-state index contributed by atoms with van der Waals surface area (Å²) in [5, 5.41) is 6.79. The Balaban J connectivity index is 2.02. The first-order chi connectivity index (χ1) is 9.06. The number of thiophene rings is 1. The number of pyridine rings is 1. The molecule has 19 heavy (non-hydrogen) atoms. The fourth-order valence-electron chi connectivity index (χ4n) is 1.72. The first kappa shape index (κ1) is 13.4. The number of anilines is 1. The van der Waals surface area contributed by atoms with Crippen molar-refractivity contribution in [3.63, 3.8) is 0 Å². The molecule has 100 valence electrons. The lowest BCUT2D eigenvalue weighted by Crippen LogP contribution is -2.33. The predicted octanol–water partition coefficient (Wildman–Crippen LogP) is 1.37. The van der Waals surface area contributed by atoms with Crippen molar-refractivity contribution < 1.29 is 4.79 Å². The summed E-state index contributed by atoms with van der Waals surface area (Å²) in [6, 6.07) is 4.76. The van der Waals surface area contributed by atoms with Crippen LogP contribution >= 0.6 is 11.3 Å². The quantitative estimate of drug-likeness (QED) is 0.886. The number of hydrogen-bond donors (Lipinski definition) is 2. The zero-order valence-corrected chi connectivity index (χ0v) is 11.3. The fourth-order valence-corrected chi connectivity index (χ4v) is 2.47. The number of aromatic nitrogens is 1. The number of rotatable bonds is 4. The Kier molecular flexibility index (Phi) is 4.01. The average Bonchev–Trinajstić information content (AvgIpc) is 2.87. The first-order valence-corrected chi connectivity index (χ1v) is 6.78. The van der Waals surface area contributed by atoms with Crippen LogP contribution in [0.15, 0.2) is 40.0 Å². The normalized spacial score (nSPS) is 12.1. The summed E-state index contributed by atoms with van der Waals surface area (Å²) in [5.74, 6) is -0.216. The van der Waals surface area contributed by atoms with Gasteiger partial charge in [0.1, 0.15) is 6.54 Å². The fraction of sp³-hybridized carbons (Fsp3) is 0.231. The molecule has 0 bridgehead atoms. The lowest BCUT2D eigenvalue weighted by Gasteiger charge is -2.13. The average molecular weight is 277 g/mol. The van der Waals surface area contributed by atoms with Crippen LogP contribution < -0.4 is 16.6 Å². The summed E-state index contributed by atoms with van der Waals surface area (Å²) in [6.45, 7) is 1.88. The minimum atomic E-state index is -0.243. The molecule has 1 atom stereocenters. The summed E-state index contributed by atoms with van der Waals surface area (Å²) >= 11 is 1.58. The van der Waals surface area contributed by atoms with E-state index in [0.29, 0.717) is 5.69 Å². The predicted molar refractivity (Wildman–Crippen MR) is 76.0 cm³/mol. The van der Waals surface area contributed by atoms with Gasteiger partial charge in [0.25, 0.3) is 5.56 Å². The van der Waals surface area contributed by atoms with Crippen LogP contribution in [0.2, 0.25) is 0 Å². The van der Waals surface area contributed by atoms with E-state index in [1.54, 1.807) is 11.3 Å². The standard InChI is InChI=1S/C13H15N3O2S/c1-9(10-4-5-19-8-10)15-12(17)7-16-6-11(14)2-3-13(16)18/h2-6,8-9H,7,14H2,1H3,(H,15,17). The van der Waals surface area contributed by atoms with Gasteiger partial charge in [0.2, 0.25) is 5.91 Å². The van der Waals surface area contributed by atoms with Crippen molar-refractivity contribution in [3.05, 3.63) is 51.1 Å². The van der Waals surface area contributed by atoms with Gasteiger partial charge in [-0.05, 0) is 35.4 Å². The van der Waals surface area contributed by atoms with Crippen molar-refractivity contribution in [3.8, 4) is 0 Å². The van der Waals surface area contributed by atoms with Crippen molar-refractivity contribution >= 4 is 22.9 Å². The van der Waals surface area contributed by atoms with Gasteiger partial charge >= 0.3 is 0 Å². The molecule has 0 aliphatic rings. The molecular weight excluding hydrogens is 262 g/mol. The molecule has 0 radical (unpaired) electrons. The van der Waals surface area contributed by atoms with Crippen LogP contribution in [0.25, 0.3) is 0 Å². The molecular formula is C13H15N3O2S. The molecule has 0 aliphatic heterocycles. The summed E-state index contributed by atoms with van der Waals surface area (Å²) in [6.07, 6.45) is 1.47. The lowest BCUT2D eigenvalue weighted by molar-refractivity contribution is -0.122. The molecule has 0 aliphatic carbocycles. The highest BCUT2D eigenvalue weighted by Crippen LogP contribution is 2.15. The van der Waals surface area contributed by atoms with Gasteiger partial charge < -0.3 is 15.6 Å². The third-order valence-corrected chi connectivity index (χ3v) is 3.44. The Morgan fingerprint density at radius 3 is 2.95 bits per heavy atom. The Morgan fingerprint density at radius 1 is 1.47 bits per heavy atom. The van der Waals surface area contributed by atoms with E-state index in [1.807, 2.05) is 23.8 Å². The van der Waals surface area contributed by atoms with E-state index in [9.17, 15) is 9.59 Å². The third-order valence-electron chi connectivity index (χ3n) is 2.74. The number of carbonyl (C=O) groups is 1.